The lowest BCUT2D eigenvalue weighted by Crippen LogP contribution is -2.45. The molecule has 0 rings (SSSR count). The van der Waals surface area contributed by atoms with E-state index in [0.29, 0.717) is 13.1 Å². The first-order valence-corrected chi connectivity index (χ1v) is 7.00. The minimum absolute atomic E-state index is 0.00575. The van der Waals surface area contributed by atoms with Gasteiger partial charge in [-0.2, -0.15) is 17.0 Å². The highest BCUT2D eigenvalue weighted by molar-refractivity contribution is 7.86. The lowest BCUT2D eigenvalue weighted by molar-refractivity contribution is 0.333. The third kappa shape index (κ3) is 4.09. The van der Waals surface area contributed by atoms with Crippen LogP contribution in [0, 0.1) is 0 Å². The van der Waals surface area contributed by atoms with Gasteiger partial charge in [0.1, 0.15) is 0 Å². The van der Waals surface area contributed by atoms with Crippen LogP contribution >= 0.6 is 0 Å². The first-order chi connectivity index (χ1) is 6.87. The third-order valence-electron chi connectivity index (χ3n) is 2.36. The molecule has 0 saturated heterocycles. The molecule has 0 fully saturated rings. The molecular formula is C10H24N2O2S. The van der Waals surface area contributed by atoms with Crippen LogP contribution < -0.4 is 0 Å². The zero-order valence-electron chi connectivity index (χ0n) is 10.5. The van der Waals surface area contributed by atoms with Gasteiger partial charge in [-0.1, -0.05) is 13.8 Å². The first kappa shape index (κ1) is 14.9. The third-order valence-corrected chi connectivity index (χ3v) is 4.53. The molecule has 92 valence electrons. The van der Waals surface area contributed by atoms with Gasteiger partial charge >= 0.3 is 0 Å². The molecule has 0 aromatic carbocycles. The van der Waals surface area contributed by atoms with Crippen LogP contribution in [0.4, 0.5) is 0 Å². The Morgan fingerprint density at radius 1 is 1.07 bits per heavy atom. The molecule has 0 aromatic heterocycles. The maximum Gasteiger partial charge on any atom is 0.281 e. The van der Waals surface area contributed by atoms with Crippen molar-refractivity contribution in [3.63, 3.8) is 0 Å². The summed E-state index contributed by atoms with van der Waals surface area (Å²) in [5, 5.41) is 0. The van der Waals surface area contributed by atoms with Crippen molar-refractivity contribution in [3.05, 3.63) is 0 Å². The van der Waals surface area contributed by atoms with Gasteiger partial charge in [0.05, 0.1) is 0 Å². The Labute approximate surface area is 94.4 Å². The van der Waals surface area contributed by atoms with Crippen molar-refractivity contribution in [3.8, 4) is 0 Å². The Bertz CT molecular complexity index is 257. The molecule has 0 saturated carbocycles. The summed E-state index contributed by atoms with van der Waals surface area (Å²) < 4.78 is 27.2. The smallest absolute Gasteiger partial charge is 0.195 e. The number of nitrogens with zero attached hydrogens (tertiary/aromatic N) is 2. The van der Waals surface area contributed by atoms with Gasteiger partial charge in [0.25, 0.3) is 10.2 Å². The lowest BCUT2D eigenvalue weighted by atomic mass is 10.4. The summed E-state index contributed by atoms with van der Waals surface area (Å²) in [6, 6.07) is 0.00575. The highest BCUT2D eigenvalue weighted by atomic mass is 32.2. The van der Waals surface area contributed by atoms with E-state index in [-0.39, 0.29) is 6.04 Å². The van der Waals surface area contributed by atoms with Gasteiger partial charge in [0.2, 0.25) is 0 Å². The molecule has 0 spiro atoms. The molecule has 0 aromatic rings. The maximum atomic E-state index is 12.1. The predicted octanol–water partition coefficient (Wildman–Crippen LogP) is 1.69. The molecule has 0 aliphatic carbocycles. The van der Waals surface area contributed by atoms with Crippen LogP contribution in [0.25, 0.3) is 0 Å². The van der Waals surface area contributed by atoms with Crippen molar-refractivity contribution in [1.82, 2.24) is 8.61 Å². The highest BCUT2D eigenvalue weighted by Crippen LogP contribution is 2.11. The average molecular weight is 236 g/mol. The quantitative estimate of drug-likeness (QED) is 0.675. The van der Waals surface area contributed by atoms with Crippen molar-refractivity contribution in [2.75, 3.05) is 20.1 Å². The summed E-state index contributed by atoms with van der Waals surface area (Å²) in [5.74, 6) is 0. The largest absolute Gasteiger partial charge is 0.281 e. The zero-order valence-corrected chi connectivity index (χ0v) is 11.3. The fourth-order valence-electron chi connectivity index (χ4n) is 1.29. The monoisotopic (exact) mass is 236 g/mol. The second kappa shape index (κ2) is 6.45. The van der Waals surface area contributed by atoms with Crippen molar-refractivity contribution in [2.24, 2.45) is 0 Å². The van der Waals surface area contributed by atoms with Crippen LogP contribution in [0.15, 0.2) is 0 Å². The Balaban J connectivity index is 4.78. The normalized spacial score (nSPS) is 13.1. The average Bonchev–Trinajstić information content (AvgIpc) is 2.16. The summed E-state index contributed by atoms with van der Waals surface area (Å²) in [6.07, 6.45) is 1.70. The van der Waals surface area contributed by atoms with E-state index in [1.165, 1.54) is 4.31 Å². The van der Waals surface area contributed by atoms with Crippen LogP contribution in [-0.4, -0.2) is 43.2 Å². The fraction of sp³-hybridized carbons (Fsp3) is 1.00. The molecule has 0 aliphatic rings. The molecule has 0 N–H and O–H groups in total. The van der Waals surface area contributed by atoms with Crippen LogP contribution in [0.3, 0.4) is 0 Å². The van der Waals surface area contributed by atoms with Crippen LogP contribution in [-0.2, 0) is 10.2 Å². The minimum Gasteiger partial charge on any atom is -0.195 e. The standard InChI is InChI=1S/C10H24N2O2S/c1-6-8-12(9-7-2)15(13,14)11(5)10(3)4/h10H,6-9H2,1-5H3. The van der Waals surface area contributed by atoms with Crippen molar-refractivity contribution >= 4 is 10.2 Å². The maximum absolute atomic E-state index is 12.1. The van der Waals surface area contributed by atoms with Crippen molar-refractivity contribution in [1.29, 1.82) is 0 Å². The summed E-state index contributed by atoms with van der Waals surface area (Å²) in [5.41, 5.74) is 0. The van der Waals surface area contributed by atoms with E-state index >= 15 is 0 Å². The van der Waals surface area contributed by atoms with Crippen molar-refractivity contribution < 1.29 is 8.42 Å². The molecule has 0 radical (unpaired) electrons. The summed E-state index contributed by atoms with van der Waals surface area (Å²) >= 11 is 0. The number of rotatable bonds is 7. The van der Waals surface area contributed by atoms with Crippen molar-refractivity contribution in [2.45, 2.75) is 46.6 Å². The molecule has 4 nitrogen and oxygen atoms in total. The molecule has 0 bridgehead atoms. The molecule has 0 amide bonds. The van der Waals surface area contributed by atoms with E-state index in [4.69, 9.17) is 0 Å². The van der Waals surface area contributed by atoms with Gasteiger partial charge in [-0.25, -0.2) is 0 Å². The number of hydrogen-bond donors (Lipinski definition) is 0. The summed E-state index contributed by atoms with van der Waals surface area (Å²) in [7, 11) is -1.62. The van der Waals surface area contributed by atoms with Gasteiger partial charge in [0, 0.05) is 26.2 Å². The van der Waals surface area contributed by atoms with Gasteiger partial charge in [0.15, 0.2) is 0 Å². The Morgan fingerprint density at radius 3 is 1.73 bits per heavy atom. The molecule has 0 aliphatic heterocycles. The van der Waals surface area contributed by atoms with E-state index in [0.717, 1.165) is 12.8 Å². The van der Waals surface area contributed by atoms with E-state index in [1.807, 2.05) is 27.7 Å². The molecule has 0 atom stereocenters. The van der Waals surface area contributed by atoms with Gasteiger partial charge in [-0.15, -0.1) is 0 Å². The number of hydrogen-bond acceptors (Lipinski definition) is 2. The highest BCUT2D eigenvalue weighted by Gasteiger charge is 2.27. The zero-order chi connectivity index (χ0) is 12.1. The minimum atomic E-state index is -3.26. The van der Waals surface area contributed by atoms with E-state index in [2.05, 4.69) is 0 Å². The second-order valence-corrected chi connectivity index (χ2v) is 6.00. The van der Waals surface area contributed by atoms with E-state index < -0.39 is 10.2 Å². The summed E-state index contributed by atoms with van der Waals surface area (Å²) in [6.45, 7) is 8.96. The fourth-order valence-corrected chi connectivity index (χ4v) is 3.01. The van der Waals surface area contributed by atoms with E-state index in [9.17, 15) is 8.42 Å². The first-order valence-electron chi connectivity index (χ1n) is 5.61. The molecular weight excluding hydrogens is 212 g/mol. The predicted molar refractivity (Wildman–Crippen MR) is 64.0 cm³/mol. The lowest BCUT2D eigenvalue weighted by Gasteiger charge is -2.29. The Morgan fingerprint density at radius 2 is 1.47 bits per heavy atom. The van der Waals surface area contributed by atoms with Gasteiger partial charge in [-0.05, 0) is 26.7 Å². The SMILES string of the molecule is CCCN(CCC)S(=O)(=O)N(C)C(C)C. The summed E-state index contributed by atoms with van der Waals surface area (Å²) in [4.78, 5) is 0. The Kier molecular flexibility index (Phi) is 6.40. The molecule has 0 unspecified atom stereocenters. The molecule has 5 heteroatoms. The van der Waals surface area contributed by atoms with Crippen LogP contribution in [0.5, 0.6) is 0 Å². The molecule has 0 heterocycles. The Hall–Kier alpha value is -0.130. The van der Waals surface area contributed by atoms with Gasteiger partial charge in [-0.3, -0.25) is 0 Å². The van der Waals surface area contributed by atoms with Gasteiger partial charge < -0.3 is 0 Å². The second-order valence-electron chi connectivity index (χ2n) is 4.02. The molecule has 15 heavy (non-hydrogen) atoms. The van der Waals surface area contributed by atoms with Crippen LogP contribution in [0.1, 0.15) is 40.5 Å². The van der Waals surface area contributed by atoms with E-state index in [1.54, 1.807) is 11.4 Å². The van der Waals surface area contributed by atoms with Crippen LogP contribution in [0.2, 0.25) is 0 Å². The topological polar surface area (TPSA) is 40.6 Å².